The molecule has 0 saturated carbocycles. The Morgan fingerprint density at radius 1 is 1.23 bits per heavy atom. The zero-order valence-corrected chi connectivity index (χ0v) is 18.4. The Labute approximate surface area is 169 Å². The molecule has 1 aromatic heterocycles. The molecule has 0 saturated heterocycles. The monoisotopic (exact) mass is 489 g/mol. The number of ether oxygens (including phenoxy) is 2. The molecule has 1 N–H and O–H groups in total. The summed E-state index contributed by atoms with van der Waals surface area (Å²) in [6.45, 7) is 9.02. The standard InChI is InChI=1S/C17H21Br2N3O4/c1-16(2,3)25-15(23)21-17(4,5)14-20-13(26-22-14)9-24-12-7-6-10(18)8-11(12)19/h6-8H,9H2,1-5H3,(H,21,23). The van der Waals surface area contributed by atoms with Crippen LogP contribution in [0.3, 0.4) is 0 Å². The molecule has 2 aromatic rings. The predicted molar refractivity (Wildman–Crippen MR) is 103 cm³/mol. The third-order valence-corrected chi connectivity index (χ3v) is 4.20. The SMILES string of the molecule is CC(C)(C)OC(=O)NC(C)(C)c1noc(COc2ccc(Br)cc2Br)n1. The van der Waals surface area contributed by atoms with E-state index in [0.29, 0.717) is 17.5 Å². The summed E-state index contributed by atoms with van der Waals surface area (Å²) in [5, 5.41) is 6.66. The number of nitrogens with zero attached hydrogens (tertiary/aromatic N) is 2. The van der Waals surface area contributed by atoms with E-state index in [1.165, 1.54) is 0 Å². The molecule has 0 spiro atoms. The van der Waals surface area contributed by atoms with Gasteiger partial charge in [-0.2, -0.15) is 4.98 Å². The van der Waals surface area contributed by atoms with E-state index >= 15 is 0 Å². The molecule has 9 heteroatoms. The van der Waals surface area contributed by atoms with E-state index < -0.39 is 17.2 Å². The van der Waals surface area contributed by atoms with Crippen molar-refractivity contribution in [2.45, 2.75) is 52.4 Å². The van der Waals surface area contributed by atoms with Crippen molar-refractivity contribution in [1.82, 2.24) is 15.5 Å². The van der Waals surface area contributed by atoms with Gasteiger partial charge in [0, 0.05) is 4.47 Å². The number of hydrogen-bond donors (Lipinski definition) is 1. The zero-order valence-electron chi connectivity index (χ0n) is 15.2. The van der Waals surface area contributed by atoms with E-state index in [0.717, 1.165) is 8.95 Å². The van der Waals surface area contributed by atoms with Crippen LogP contribution in [-0.4, -0.2) is 21.8 Å². The first-order valence-corrected chi connectivity index (χ1v) is 9.47. The number of nitrogens with one attached hydrogen (secondary N) is 1. The second-order valence-electron chi connectivity index (χ2n) is 7.13. The van der Waals surface area contributed by atoms with Crippen molar-refractivity contribution < 1.29 is 18.8 Å². The molecular weight excluding hydrogens is 470 g/mol. The van der Waals surface area contributed by atoms with E-state index in [4.69, 9.17) is 14.0 Å². The Hall–Kier alpha value is -1.61. The molecule has 26 heavy (non-hydrogen) atoms. The highest BCUT2D eigenvalue weighted by Gasteiger charge is 2.31. The lowest BCUT2D eigenvalue weighted by molar-refractivity contribution is 0.0465. The average molecular weight is 491 g/mol. The number of rotatable bonds is 5. The molecule has 0 bridgehead atoms. The smallest absolute Gasteiger partial charge is 0.408 e. The predicted octanol–water partition coefficient (Wildman–Crippen LogP) is 4.93. The number of hydrogen-bond acceptors (Lipinski definition) is 6. The fourth-order valence-electron chi connectivity index (χ4n) is 1.91. The molecule has 142 valence electrons. The van der Waals surface area contributed by atoms with Crippen molar-refractivity contribution >= 4 is 38.0 Å². The molecule has 0 fully saturated rings. The van der Waals surface area contributed by atoms with Crippen molar-refractivity contribution in [3.63, 3.8) is 0 Å². The number of halogens is 2. The van der Waals surface area contributed by atoms with Crippen molar-refractivity contribution in [3.8, 4) is 5.75 Å². The number of carbonyl (C=O) groups is 1. The topological polar surface area (TPSA) is 86.5 Å². The van der Waals surface area contributed by atoms with E-state index in [1.807, 2.05) is 18.2 Å². The fraction of sp³-hybridized carbons (Fsp3) is 0.471. The van der Waals surface area contributed by atoms with Gasteiger partial charge in [0.1, 0.15) is 16.9 Å². The molecule has 1 aromatic carbocycles. The largest absolute Gasteiger partial charge is 0.483 e. The summed E-state index contributed by atoms with van der Waals surface area (Å²) in [5.41, 5.74) is -1.45. The number of benzene rings is 1. The molecule has 0 unspecified atom stereocenters. The Kier molecular flexibility index (Phi) is 6.33. The van der Waals surface area contributed by atoms with Gasteiger partial charge in [-0.05, 0) is 68.7 Å². The lowest BCUT2D eigenvalue weighted by atomic mass is 10.1. The molecule has 1 heterocycles. The molecule has 0 aliphatic carbocycles. The Morgan fingerprint density at radius 3 is 2.54 bits per heavy atom. The van der Waals surface area contributed by atoms with Gasteiger partial charge < -0.3 is 19.3 Å². The van der Waals surface area contributed by atoms with Crippen LogP contribution in [-0.2, 0) is 16.9 Å². The maximum atomic E-state index is 12.0. The summed E-state index contributed by atoms with van der Waals surface area (Å²) in [6.07, 6.45) is -0.552. The Morgan fingerprint density at radius 2 is 1.92 bits per heavy atom. The summed E-state index contributed by atoms with van der Waals surface area (Å²) in [7, 11) is 0. The highest BCUT2D eigenvalue weighted by molar-refractivity contribution is 9.11. The normalized spacial score (nSPS) is 12.0. The summed E-state index contributed by atoms with van der Waals surface area (Å²) in [6, 6.07) is 5.56. The first-order valence-electron chi connectivity index (χ1n) is 7.88. The minimum absolute atomic E-state index is 0.107. The molecule has 1 amide bonds. The maximum absolute atomic E-state index is 12.0. The number of amides is 1. The van der Waals surface area contributed by atoms with Gasteiger partial charge in [-0.25, -0.2) is 4.79 Å². The van der Waals surface area contributed by atoms with Crippen molar-refractivity contribution in [2.24, 2.45) is 0 Å². The van der Waals surface area contributed by atoms with Crippen LogP contribution in [0.15, 0.2) is 31.7 Å². The van der Waals surface area contributed by atoms with Gasteiger partial charge in [0.25, 0.3) is 5.89 Å². The van der Waals surface area contributed by atoms with Crippen LogP contribution in [0, 0.1) is 0 Å². The Bertz CT molecular complexity index is 785. The van der Waals surface area contributed by atoms with E-state index in [2.05, 4.69) is 47.3 Å². The molecule has 7 nitrogen and oxygen atoms in total. The van der Waals surface area contributed by atoms with E-state index in [1.54, 1.807) is 34.6 Å². The van der Waals surface area contributed by atoms with Gasteiger partial charge in [0.2, 0.25) is 0 Å². The van der Waals surface area contributed by atoms with Gasteiger partial charge in [0.05, 0.1) is 4.47 Å². The minimum Gasteiger partial charge on any atom is -0.483 e. The first kappa shape index (κ1) is 20.7. The number of aromatic nitrogens is 2. The summed E-state index contributed by atoms with van der Waals surface area (Å²) >= 11 is 6.81. The number of carbonyl (C=O) groups excluding carboxylic acids is 1. The van der Waals surface area contributed by atoms with Gasteiger partial charge >= 0.3 is 6.09 Å². The van der Waals surface area contributed by atoms with Crippen molar-refractivity contribution in [1.29, 1.82) is 0 Å². The van der Waals surface area contributed by atoms with E-state index in [9.17, 15) is 4.79 Å². The van der Waals surface area contributed by atoms with Gasteiger partial charge in [-0.3, -0.25) is 0 Å². The minimum atomic E-state index is -0.859. The molecule has 0 atom stereocenters. The molecule has 0 aliphatic rings. The van der Waals surface area contributed by atoms with Crippen LogP contribution in [0.5, 0.6) is 5.75 Å². The lowest BCUT2D eigenvalue weighted by Gasteiger charge is -2.26. The van der Waals surface area contributed by atoms with Gasteiger partial charge in [-0.1, -0.05) is 21.1 Å². The van der Waals surface area contributed by atoms with Gasteiger partial charge in [0.15, 0.2) is 12.4 Å². The first-order chi connectivity index (χ1) is 12.0. The molecule has 2 rings (SSSR count). The molecular formula is C17H21Br2N3O4. The quantitative estimate of drug-likeness (QED) is 0.639. The van der Waals surface area contributed by atoms with Crippen LogP contribution in [0.4, 0.5) is 4.79 Å². The highest BCUT2D eigenvalue weighted by atomic mass is 79.9. The van der Waals surface area contributed by atoms with Crippen LogP contribution < -0.4 is 10.1 Å². The fourth-order valence-corrected chi connectivity index (χ4v) is 3.08. The molecule has 0 radical (unpaired) electrons. The molecule has 0 aliphatic heterocycles. The van der Waals surface area contributed by atoms with Crippen molar-refractivity contribution in [2.75, 3.05) is 0 Å². The zero-order chi connectivity index (χ0) is 19.5. The third kappa shape index (κ3) is 5.98. The summed E-state index contributed by atoms with van der Waals surface area (Å²) < 4.78 is 17.9. The lowest BCUT2D eigenvalue weighted by Crippen LogP contribution is -2.44. The summed E-state index contributed by atoms with van der Waals surface area (Å²) in [4.78, 5) is 16.3. The highest BCUT2D eigenvalue weighted by Crippen LogP contribution is 2.29. The van der Waals surface area contributed by atoms with Crippen LogP contribution in [0.25, 0.3) is 0 Å². The average Bonchev–Trinajstić information content (AvgIpc) is 2.93. The second kappa shape index (κ2) is 7.96. The van der Waals surface area contributed by atoms with Crippen LogP contribution >= 0.6 is 31.9 Å². The summed E-state index contributed by atoms with van der Waals surface area (Å²) in [5.74, 6) is 1.28. The maximum Gasteiger partial charge on any atom is 0.408 e. The van der Waals surface area contributed by atoms with Gasteiger partial charge in [-0.15, -0.1) is 0 Å². The van der Waals surface area contributed by atoms with Crippen molar-refractivity contribution in [3.05, 3.63) is 38.9 Å². The Balaban J connectivity index is 2.00. The number of alkyl carbamates (subject to hydrolysis) is 1. The van der Waals surface area contributed by atoms with Crippen LogP contribution in [0.2, 0.25) is 0 Å². The van der Waals surface area contributed by atoms with E-state index in [-0.39, 0.29) is 6.61 Å². The second-order valence-corrected chi connectivity index (χ2v) is 8.90. The third-order valence-electron chi connectivity index (χ3n) is 3.09. The van der Waals surface area contributed by atoms with Crippen LogP contribution in [0.1, 0.15) is 46.3 Å².